The van der Waals surface area contributed by atoms with E-state index in [2.05, 4.69) is 27.5 Å². The zero-order valence-corrected chi connectivity index (χ0v) is 22.3. The van der Waals surface area contributed by atoms with Gasteiger partial charge in [0.1, 0.15) is 12.1 Å². The largest absolute Gasteiger partial charge is 0.467 e. The number of ether oxygens (including phenoxy) is 1. The van der Waals surface area contributed by atoms with Gasteiger partial charge in [0.25, 0.3) is 0 Å². The number of methoxy groups -OCH3 is 1. The lowest BCUT2D eigenvalue weighted by Gasteiger charge is -2.24. The van der Waals surface area contributed by atoms with E-state index in [0.717, 1.165) is 42.4 Å². The van der Waals surface area contributed by atoms with Crippen LogP contribution < -0.4 is 22.1 Å². The topological polar surface area (TPSA) is 149 Å². The number of esters is 1. The first-order chi connectivity index (χ1) is 18.8. The predicted molar refractivity (Wildman–Crippen MR) is 150 cm³/mol. The molecule has 6 N–H and O–H groups in total. The van der Waals surface area contributed by atoms with Gasteiger partial charge in [-0.25, -0.2) is 9.79 Å². The number of rotatable bonds is 10. The molecule has 2 atom stereocenters. The average molecular weight is 532 g/mol. The maximum atomic E-state index is 12.8. The van der Waals surface area contributed by atoms with Gasteiger partial charge in [0, 0.05) is 17.5 Å². The van der Waals surface area contributed by atoms with Crippen molar-refractivity contribution in [2.45, 2.75) is 57.0 Å². The number of carbonyl (C=O) groups is 3. The third-order valence-corrected chi connectivity index (χ3v) is 6.65. The van der Waals surface area contributed by atoms with Crippen LogP contribution in [0.2, 0.25) is 0 Å². The van der Waals surface area contributed by atoms with Crippen LogP contribution in [0.15, 0.2) is 59.6 Å². The molecule has 1 fully saturated rings. The molecule has 9 heteroatoms. The molecule has 0 saturated heterocycles. The third-order valence-electron chi connectivity index (χ3n) is 6.65. The number of hydrogen-bond donors (Lipinski definition) is 4. The van der Waals surface area contributed by atoms with Gasteiger partial charge in [-0.05, 0) is 42.2 Å². The number of nitrogens with zero attached hydrogens (tertiary/aromatic N) is 1. The molecule has 0 bridgehead atoms. The van der Waals surface area contributed by atoms with Crippen LogP contribution in [0.4, 0.5) is 0 Å². The Morgan fingerprint density at radius 2 is 1.62 bits per heavy atom. The number of benzene rings is 2. The van der Waals surface area contributed by atoms with Crippen molar-refractivity contribution in [1.29, 1.82) is 0 Å². The fourth-order valence-corrected chi connectivity index (χ4v) is 4.63. The second-order valence-electron chi connectivity index (χ2n) is 9.69. The highest BCUT2D eigenvalue weighted by Crippen LogP contribution is 2.28. The molecule has 1 aliphatic carbocycles. The van der Waals surface area contributed by atoms with E-state index >= 15 is 0 Å². The Morgan fingerprint density at radius 3 is 2.23 bits per heavy atom. The second kappa shape index (κ2) is 15.2. The van der Waals surface area contributed by atoms with Crippen LogP contribution in [0.25, 0.3) is 0 Å². The summed E-state index contributed by atoms with van der Waals surface area (Å²) in [5.41, 5.74) is 13.6. The van der Waals surface area contributed by atoms with Gasteiger partial charge in [-0.1, -0.05) is 74.3 Å². The Hall–Kier alpha value is -4.32. The molecule has 1 aliphatic rings. The molecule has 2 amide bonds. The van der Waals surface area contributed by atoms with Crippen LogP contribution in [0.1, 0.15) is 55.2 Å². The first-order valence-electron chi connectivity index (χ1n) is 13.2. The van der Waals surface area contributed by atoms with E-state index in [4.69, 9.17) is 16.2 Å². The van der Waals surface area contributed by atoms with E-state index in [-0.39, 0.29) is 18.9 Å². The maximum absolute atomic E-state index is 12.8. The van der Waals surface area contributed by atoms with Crippen molar-refractivity contribution in [3.05, 3.63) is 71.3 Å². The Bertz CT molecular complexity index is 1190. The number of carbonyl (C=O) groups excluding carboxylic acids is 3. The molecule has 9 nitrogen and oxygen atoms in total. The lowest BCUT2D eigenvalue weighted by Crippen LogP contribution is -2.48. The summed E-state index contributed by atoms with van der Waals surface area (Å²) in [6.07, 6.45) is 6.27. The highest BCUT2D eigenvalue weighted by molar-refractivity contribution is 5.91. The van der Waals surface area contributed by atoms with Crippen molar-refractivity contribution < 1.29 is 19.1 Å². The summed E-state index contributed by atoms with van der Waals surface area (Å²) in [5, 5.41) is 5.25. The smallest absolute Gasteiger partial charge is 0.328 e. The minimum atomic E-state index is -0.920. The van der Waals surface area contributed by atoms with Crippen molar-refractivity contribution in [2.75, 3.05) is 13.7 Å². The zero-order valence-electron chi connectivity index (χ0n) is 22.3. The van der Waals surface area contributed by atoms with Gasteiger partial charge in [0.2, 0.25) is 11.8 Å². The highest BCUT2D eigenvalue weighted by Gasteiger charge is 2.26. The molecule has 206 valence electrons. The molecule has 39 heavy (non-hydrogen) atoms. The quantitative estimate of drug-likeness (QED) is 0.160. The molecule has 2 aromatic carbocycles. The second-order valence-corrected chi connectivity index (χ2v) is 9.69. The first-order valence-corrected chi connectivity index (χ1v) is 13.2. The number of aliphatic imine (C=N–C) groups is 1. The summed E-state index contributed by atoms with van der Waals surface area (Å²) in [4.78, 5) is 41.9. The summed E-state index contributed by atoms with van der Waals surface area (Å²) in [7, 11) is 1.26. The van der Waals surface area contributed by atoms with Crippen LogP contribution in [-0.2, 0) is 25.5 Å². The number of amides is 2. The minimum Gasteiger partial charge on any atom is -0.467 e. The first kappa shape index (κ1) is 29.2. The molecule has 0 heterocycles. The van der Waals surface area contributed by atoms with E-state index in [1.54, 1.807) is 0 Å². The van der Waals surface area contributed by atoms with Crippen LogP contribution in [0.5, 0.6) is 0 Å². The van der Waals surface area contributed by atoms with Crippen LogP contribution >= 0.6 is 0 Å². The summed E-state index contributed by atoms with van der Waals surface area (Å²) in [6, 6.07) is 15.4. The fourth-order valence-electron chi connectivity index (χ4n) is 4.63. The summed E-state index contributed by atoms with van der Waals surface area (Å²) in [5.74, 6) is 4.87. The van der Waals surface area contributed by atoms with Gasteiger partial charge in [-0.2, -0.15) is 0 Å². The van der Waals surface area contributed by atoms with Crippen molar-refractivity contribution in [2.24, 2.45) is 22.4 Å². The number of nitrogens with two attached hydrogens (primary N) is 2. The number of hydrogen-bond acceptors (Lipinski definition) is 5. The minimum absolute atomic E-state index is 0.168. The van der Waals surface area contributed by atoms with Crippen molar-refractivity contribution >= 4 is 23.7 Å². The van der Waals surface area contributed by atoms with Crippen LogP contribution in [-0.4, -0.2) is 49.5 Å². The normalized spacial score (nSPS) is 14.6. The lowest BCUT2D eigenvalue weighted by molar-refractivity contribution is -0.145. The molecular formula is C30H37N5O4. The number of guanidine groups is 1. The Kier molecular flexibility index (Phi) is 11.4. The SMILES string of the molecule is COC(=O)[C@H](Cc1ccc(C#Cc2ccccc2)cc1)NC(=O)CNC(=O)[C@@H](CC1CCCCC1)N=C(N)N. The zero-order chi connectivity index (χ0) is 28.0. The molecule has 3 rings (SSSR count). The molecule has 0 unspecified atom stereocenters. The van der Waals surface area contributed by atoms with Crippen LogP contribution in [0, 0.1) is 17.8 Å². The predicted octanol–water partition coefficient (Wildman–Crippen LogP) is 2.02. The Labute approximate surface area is 229 Å². The van der Waals surface area contributed by atoms with Crippen molar-refractivity contribution in [1.82, 2.24) is 10.6 Å². The van der Waals surface area contributed by atoms with E-state index in [1.807, 2.05) is 54.6 Å². The molecule has 0 spiro atoms. The Balaban J connectivity index is 1.55. The average Bonchev–Trinajstić information content (AvgIpc) is 2.95. The fraction of sp³-hybridized carbons (Fsp3) is 0.400. The van der Waals surface area contributed by atoms with Gasteiger partial charge in [-0.3, -0.25) is 9.59 Å². The standard InChI is InChI=1S/C30H37N5O4/c1-39-29(38)26(19-24-16-14-22(15-17-24)13-12-21-8-4-2-5-9-21)34-27(36)20-33-28(37)25(35-30(31)32)18-23-10-6-3-7-11-23/h2,4-5,8-9,14-17,23,25-26H,3,6-7,10-11,18-20H2,1H3,(H,33,37)(H,34,36)(H4,31,32,35)/t25-,26+/m1/s1. The van der Waals surface area contributed by atoms with Gasteiger partial charge in [0.05, 0.1) is 13.7 Å². The Morgan fingerprint density at radius 1 is 0.974 bits per heavy atom. The van der Waals surface area contributed by atoms with Gasteiger partial charge in [-0.15, -0.1) is 0 Å². The molecule has 0 radical (unpaired) electrons. The molecule has 0 aliphatic heterocycles. The number of nitrogens with one attached hydrogen (secondary N) is 2. The van der Waals surface area contributed by atoms with E-state index in [1.165, 1.54) is 13.5 Å². The summed E-state index contributed by atoms with van der Waals surface area (Å²) >= 11 is 0. The van der Waals surface area contributed by atoms with Crippen molar-refractivity contribution in [3.63, 3.8) is 0 Å². The monoisotopic (exact) mass is 531 g/mol. The molecule has 0 aromatic heterocycles. The molecular weight excluding hydrogens is 494 g/mol. The van der Waals surface area contributed by atoms with Gasteiger partial charge < -0.3 is 26.8 Å². The maximum Gasteiger partial charge on any atom is 0.328 e. The highest BCUT2D eigenvalue weighted by atomic mass is 16.5. The molecule has 1 saturated carbocycles. The van der Waals surface area contributed by atoms with E-state index < -0.39 is 29.9 Å². The summed E-state index contributed by atoms with van der Waals surface area (Å²) < 4.78 is 4.88. The van der Waals surface area contributed by atoms with E-state index in [0.29, 0.717) is 12.3 Å². The lowest BCUT2D eigenvalue weighted by atomic mass is 9.85. The summed E-state index contributed by atoms with van der Waals surface area (Å²) in [6.45, 7) is -0.318. The van der Waals surface area contributed by atoms with Gasteiger partial charge in [0.15, 0.2) is 5.96 Å². The third kappa shape index (κ3) is 10.2. The molecule has 2 aromatic rings. The van der Waals surface area contributed by atoms with Crippen molar-refractivity contribution in [3.8, 4) is 11.8 Å². The van der Waals surface area contributed by atoms with Crippen LogP contribution in [0.3, 0.4) is 0 Å². The van der Waals surface area contributed by atoms with E-state index in [9.17, 15) is 14.4 Å². The van der Waals surface area contributed by atoms with Gasteiger partial charge >= 0.3 is 5.97 Å².